The first-order valence-electron chi connectivity index (χ1n) is 6.90. The summed E-state index contributed by atoms with van der Waals surface area (Å²) in [5.74, 6) is 0.772. The van der Waals surface area contributed by atoms with E-state index in [4.69, 9.17) is 20.9 Å². The zero-order valence-electron chi connectivity index (χ0n) is 13.0. The molecule has 0 unspecified atom stereocenters. The normalized spacial score (nSPS) is 20.5. The molecule has 0 aliphatic carbocycles. The van der Waals surface area contributed by atoms with Gasteiger partial charge in [0.05, 0.1) is 16.2 Å². The van der Waals surface area contributed by atoms with Gasteiger partial charge in [0.2, 0.25) is 0 Å². The van der Waals surface area contributed by atoms with Gasteiger partial charge in [-0.05, 0) is 47.6 Å². The molecule has 0 amide bonds. The molecular formula is C14H22BClN2O2. The molecule has 0 atom stereocenters. The molecule has 0 spiro atoms. The molecule has 0 bridgehead atoms. The molecule has 20 heavy (non-hydrogen) atoms. The van der Waals surface area contributed by atoms with E-state index in [2.05, 4.69) is 24.1 Å². The lowest BCUT2D eigenvalue weighted by atomic mass is 9.79. The fourth-order valence-corrected chi connectivity index (χ4v) is 2.17. The summed E-state index contributed by atoms with van der Waals surface area (Å²) in [5, 5.41) is 3.81. The molecule has 2 rings (SSSR count). The molecule has 110 valence electrons. The molecule has 0 saturated carbocycles. The van der Waals surface area contributed by atoms with Gasteiger partial charge < -0.3 is 14.6 Å². The van der Waals surface area contributed by atoms with Crippen LogP contribution in [0.3, 0.4) is 0 Å². The van der Waals surface area contributed by atoms with Crippen LogP contribution in [0.4, 0.5) is 5.82 Å². The monoisotopic (exact) mass is 296 g/mol. The quantitative estimate of drug-likeness (QED) is 0.871. The summed E-state index contributed by atoms with van der Waals surface area (Å²) in [7, 11) is -0.469. The predicted octanol–water partition coefficient (Wildman–Crippen LogP) is 2.85. The van der Waals surface area contributed by atoms with Gasteiger partial charge in [-0.1, -0.05) is 11.6 Å². The van der Waals surface area contributed by atoms with Crippen LogP contribution in [0.15, 0.2) is 12.3 Å². The molecule has 2 heterocycles. The van der Waals surface area contributed by atoms with Gasteiger partial charge >= 0.3 is 7.12 Å². The summed E-state index contributed by atoms with van der Waals surface area (Å²) < 4.78 is 12.1. The van der Waals surface area contributed by atoms with Crippen LogP contribution < -0.4 is 10.8 Å². The summed E-state index contributed by atoms with van der Waals surface area (Å²) in [6.45, 7) is 12.2. The SMILES string of the molecule is CC(C)Nc1cc(B2OC(C)(C)C(C)(C)O2)c(Cl)cn1. The fraction of sp³-hybridized carbons (Fsp3) is 0.643. The average molecular weight is 297 g/mol. The Morgan fingerprint density at radius 1 is 1.20 bits per heavy atom. The van der Waals surface area contributed by atoms with Gasteiger partial charge in [0, 0.05) is 17.7 Å². The second-order valence-electron chi connectivity index (χ2n) is 6.48. The lowest BCUT2D eigenvalue weighted by Crippen LogP contribution is -2.41. The third kappa shape index (κ3) is 2.95. The largest absolute Gasteiger partial charge is 0.496 e. The predicted molar refractivity (Wildman–Crippen MR) is 83.7 cm³/mol. The highest BCUT2D eigenvalue weighted by molar-refractivity contribution is 6.65. The van der Waals surface area contributed by atoms with E-state index in [1.165, 1.54) is 0 Å². The Kier molecular flexibility index (Phi) is 4.06. The van der Waals surface area contributed by atoms with Gasteiger partial charge in [0.1, 0.15) is 5.82 Å². The smallest absolute Gasteiger partial charge is 0.399 e. The molecule has 6 heteroatoms. The zero-order chi connectivity index (χ0) is 15.1. The summed E-state index contributed by atoms with van der Waals surface area (Å²) in [4.78, 5) is 4.27. The van der Waals surface area contributed by atoms with E-state index in [-0.39, 0.29) is 11.2 Å². The maximum absolute atomic E-state index is 6.25. The van der Waals surface area contributed by atoms with Crippen molar-refractivity contribution in [3.63, 3.8) is 0 Å². The Morgan fingerprint density at radius 2 is 1.75 bits per heavy atom. The molecule has 0 aromatic carbocycles. The first-order chi connectivity index (χ1) is 9.12. The van der Waals surface area contributed by atoms with E-state index in [1.54, 1.807) is 6.20 Å². The van der Waals surface area contributed by atoms with Crippen LogP contribution in [0.25, 0.3) is 0 Å². The van der Waals surface area contributed by atoms with Crippen molar-refractivity contribution in [1.29, 1.82) is 0 Å². The molecule has 1 aromatic rings. The number of halogens is 1. The van der Waals surface area contributed by atoms with Crippen molar-refractivity contribution in [2.75, 3.05) is 5.32 Å². The number of anilines is 1. The minimum atomic E-state index is -0.469. The van der Waals surface area contributed by atoms with E-state index in [0.29, 0.717) is 11.1 Å². The fourth-order valence-electron chi connectivity index (χ4n) is 1.98. The number of aromatic nitrogens is 1. The maximum Gasteiger partial charge on any atom is 0.496 e. The Morgan fingerprint density at radius 3 is 2.25 bits per heavy atom. The second kappa shape index (κ2) is 5.21. The van der Waals surface area contributed by atoms with E-state index >= 15 is 0 Å². The number of hydrogen-bond donors (Lipinski definition) is 1. The summed E-state index contributed by atoms with van der Waals surface area (Å²) >= 11 is 6.25. The third-order valence-corrected chi connectivity index (χ3v) is 4.14. The topological polar surface area (TPSA) is 43.4 Å². The van der Waals surface area contributed by atoms with Crippen molar-refractivity contribution >= 4 is 30.0 Å². The molecule has 4 nitrogen and oxygen atoms in total. The van der Waals surface area contributed by atoms with Crippen LogP contribution in [0.5, 0.6) is 0 Å². The van der Waals surface area contributed by atoms with E-state index in [1.807, 2.05) is 33.8 Å². The molecule has 1 aliphatic rings. The first-order valence-corrected chi connectivity index (χ1v) is 7.28. The van der Waals surface area contributed by atoms with Crippen molar-refractivity contribution in [3.8, 4) is 0 Å². The summed E-state index contributed by atoms with van der Waals surface area (Å²) in [6, 6.07) is 2.19. The highest BCUT2D eigenvalue weighted by Crippen LogP contribution is 2.37. The van der Waals surface area contributed by atoms with Gasteiger partial charge in [-0.25, -0.2) is 4.98 Å². The lowest BCUT2D eigenvalue weighted by molar-refractivity contribution is 0.00578. The van der Waals surface area contributed by atoms with Gasteiger partial charge in [-0.15, -0.1) is 0 Å². The van der Waals surface area contributed by atoms with E-state index in [9.17, 15) is 0 Å². The van der Waals surface area contributed by atoms with Crippen LogP contribution in [0, 0.1) is 0 Å². The number of rotatable bonds is 3. The Labute approximate surface area is 126 Å². The third-order valence-electron chi connectivity index (χ3n) is 3.83. The molecule has 1 N–H and O–H groups in total. The Hall–Kier alpha value is -0.775. The molecular weight excluding hydrogens is 274 g/mol. The zero-order valence-corrected chi connectivity index (χ0v) is 13.7. The number of pyridine rings is 1. The van der Waals surface area contributed by atoms with Crippen LogP contribution in [-0.2, 0) is 9.31 Å². The molecule has 1 aromatic heterocycles. The minimum Gasteiger partial charge on any atom is -0.399 e. The van der Waals surface area contributed by atoms with E-state index in [0.717, 1.165) is 11.3 Å². The van der Waals surface area contributed by atoms with Crippen molar-refractivity contribution in [2.45, 2.75) is 58.8 Å². The highest BCUT2D eigenvalue weighted by atomic mass is 35.5. The lowest BCUT2D eigenvalue weighted by Gasteiger charge is -2.32. The van der Waals surface area contributed by atoms with Gasteiger partial charge in [-0.3, -0.25) is 0 Å². The minimum absolute atomic E-state index is 0.301. The molecule has 1 saturated heterocycles. The van der Waals surface area contributed by atoms with E-state index < -0.39 is 7.12 Å². The summed E-state index contributed by atoms with van der Waals surface area (Å²) in [6.07, 6.45) is 1.63. The van der Waals surface area contributed by atoms with Crippen LogP contribution >= 0.6 is 11.6 Å². The number of nitrogens with one attached hydrogen (secondary N) is 1. The Bertz CT molecular complexity index is 490. The van der Waals surface area contributed by atoms with Gasteiger partial charge in [-0.2, -0.15) is 0 Å². The molecule has 0 radical (unpaired) electrons. The first kappa shape index (κ1) is 15.6. The maximum atomic E-state index is 6.25. The highest BCUT2D eigenvalue weighted by Gasteiger charge is 2.52. The summed E-state index contributed by atoms with van der Waals surface area (Å²) in [5.41, 5.74) is 0.0506. The number of nitrogens with zero attached hydrogens (tertiary/aromatic N) is 1. The Balaban J connectivity index is 2.30. The average Bonchev–Trinajstić information content (AvgIpc) is 2.50. The van der Waals surface area contributed by atoms with Crippen LogP contribution in [0.1, 0.15) is 41.5 Å². The van der Waals surface area contributed by atoms with Crippen molar-refractivity contribution in [3.05, 3.63) is 17.3 Å². The van der Waals surface area contributed by atoms with Crippen LogP contribution in [-0.4, -0.2) is 29.3 Å². The standard InChI is InChI=1S/C14H22BClN2O2/c1-9(2)18-12-7-10(11(16)8-17-12)15-19-13(3,4)14(5,6)20-15/h7-9H,1-6H3,(H,17,18). The molecule has 1 fully saturated rings. The molecule has 1 aliphatic heterocycles. The van der Waals surface area contributed by atoms with Gasteiger partial charge in [0.25, 0.3) is 0 Å². The van der Waals surface area contributed by atoms with Crippen molar-refractivity contribution in [1.82, 2.24) is 4.98 Å². The number of hydrogen-bond acceptors (Lipinski definition) is 4. The van der Waals surface area contributed by atoms with Crippen LogP contribution in [0.2, 0.25) is 5.02 Å². The second-order valence-corrected chi connectivity index (χ2v) is 6.89. The van der Waals surface area contributed by atoms with Crippen molar-refractivity contribution in [2.24, 2.45) is 0 Å². The van der Waals surface area contributed by atoms with Crippen molar-refractivity contribution < 1.29 is 9.31 Å². The van der Waals surface area contributed by atoms with Gasteiger partial charge in [0.15, 0.2) is 0 Å².